The van der Waals surface area contributed by atoms with Gasteiger partial charge >= 0.3 is 0 Å². The molecule has 110 valence electrons. The van der Waals surface area contributed by atoms with Crippen LogP contribution in [0, 0.1) is 12.8 Å². The lowest BCUT2D eigenvalue weighted by molar-refractivity contribution is 0.262. The van der Waals surface area contributed by atoms with E-state index in [0.717, 1.165) is 17.0 Å². The Balaban J connectivity index is 1.72. The van der Waals surface area contributed by atoms with Gasteiger partial charge in [-0.1, -0.05) is 24.4 Å². The third-order valence-corrected chi connectivity index (χ3v) is 5.20. The Kier molecular flexibility index (Phi) is 4.52. The zero-order valence-corrected chi connectivity index (χ0v) is 13.0. The van der Waals surface area contributed by atoms with Crippen LogP contribution < -0.4 is 10.6 Å². The highest BCUT2D eigenvalue weighted by Crippen LogP contribution is 2.33. The molecule has 0 spiro atoms. The van der Waals surface area contributed by atoms with Crippen molar-refractivity contribution in [1.82, 2.24) is 5.32 Å². The van der Waals surface area contributed by atoms with Gasteiger partial charge < -0.3 is 10.6 Å². The molecule has 0 amide bonds. The highest BCUT2D eigenvalue weighted by Gasteiger charge is 2.33. The summed E-state index contributed by atoms with van der Waals surface area (Å²) in [6.45, 7) is 3.34. The van der Waals surface area contributed by atoms with Crippen LogP contribution in [0.15, 0.2) is 18.2 Å². The predicted octanol–water partition coefficient (Wildman–Crippen LogP) is 4.37. The Morgan fingerprint density at radius 3 is 2.75 bits per heavy atom. The van der Waals surface area contributed by atoms with E-state index in [1.807, 2.05) is 6.07 Å². The molecular formula is C17H25ClN2. The summed E-state index contributed by atoms with van der Waals surface area (Å²) < 4.78 is 0. The lowest BCUT2D eigenvalue weighted by atomic mass is 9.79. The van der Waals surface area contributed by atoms with Gasteiger partial charge in [0.2, 0.25) is 0 Å². The van der Waals surface area contributed by atoms with Crippen LogP contribution in [-0.4, -0.2) is 18.6 Å². The van der Waals surface area contributed by atoms with Crippen LogP contribution >= 0.6 is 11.6 Å². The second-order valence-electron chi connectivity index (χ2n) is 6.36. The number of hydrogen-bond acceptors (Lipinski definition) is 2. The quantitative estimate of drug-likeness (QED) is 0.864. The second-order valence-corrected chi connectivity index (χ2v) is 6.80. The fourth-order valence-electron chi connectivity index (χ4n) is 3.89. The average Bonchev–Trinajstić information content (AvgIpc) is 2.96. The second kappa shape index (κ2) is 6.36. The van der Waals surface area contributed by atoms with E-state index in [0.29, 0.717) is 6.04 Å². The van der Waals surface area contributed by atoms with Crippen LogP contribution in [0.1, 0.15) is 44.1 Å². The molecule has 1 aromatic rings. The van der Waals surface area contributed by atoms with E-state index in [1.54, 1.807) is 0 Å². The Morgan fingerprint density at radius 1 is 1.15 bits per heavy atom. The predicted molar refractivity (Wildman–Crippen MR) is 86.6 cm³/mol. The third-order valence-electron chi connectivity index (χ3n) is 4.96. The SMILES string of the molecule is Cc1cc(Cl)ccc1NC1CCCCC1C1CCCN1. The van der Waals surface area contributed by atoms with Gasteiger partial charge in [0.05, 0.1) is 0 Å². The molecule has 2 fully saturated rings. The molecule has 1 aromatic carbocycles. The van der Waals surface area contributed by atoms with Crippen LogP contribution in [0.25, 0.3) is 0 Å². The fraction of sp³-hybridized carbons (Fsp3) is 0.647. The molecular weight excluding hydrogens is 268 g/mol. The molecule has 3 unspecified atom stereocenters. The molecule has 1 aliphatic heterocycles. The first-order chi connectivity index (χ1) is 9.74. The number of hydrogen-bond donors (Lipinski definition) is 2. The van der Waals surface area contributed by atoms with Gasteiger partial charge in [-0.3, -0.25) is 0 Å². The fourth-order valence-corrected chi connectivity index (χ4v) is 4.11. The highest BCUT2D eigenvalue weighted by atomic mass is 35.5. The maximum absolute atomic E-state index is 6.05. The van der Waals surface area contributed by atoms with Crippen LogP contribution in [0.2, 0.25) is 5.02 Å². The third kappa shape index (κ3) is 3.12. The first-order valence-electron chi connectivity index (χ1n) is 8.00. The molecule has 0 aromatic heterocycles. The molecule has 1 aliphatic carbocycles. The van der Waals surface area contributed by atoms with Gasteiger partial charge in [0, 0.05) is 22.8 Å². The van der Waals surface area contributed by atoms with Crippen molar-refractivity contribution in [2.75, 3.05) is 11.9 Å². The lowest BCUT2D eigenvalue weighted by Crippen LogP contribution is -2.43. The van der Waals surface area contributed by atoms with Crippen LogP contribution in [0.5, 0.6) is 0 Å². The van der Waals surface area contributed by atoms with Crippen LogP contribution in [0.4, 0.5) is 5.69 Å². The van der Waals surface area contributed by atoms with Crippen molar-refractivity contribution in [2.45, 2.75) is 57.5 Å². The molecule has 20 heavy (non-hydrogen) atoms. The first-order valence-corrected chi connectivity index (χ1v) is 8.38. The Morgan fingerprint density at radius 2 is 2.00 bits per heavy atom. The van der Waals surface area contributed by atoms with E-state index in [1.165, 1.54) is 56.3 Å². The zero-order chi connectivity index (χ0) is 13.9. The number of anilines is 1. The van der Waals surface area contributed by atoms with Crippen LogP contribution in [-0.2, 0) is 0 Å². The van der Waals surface area contributed by atoms with Crippen LogP contribution in [0.3, 0.4) is 0 Å². The number of nitrogens with one attached hydrogen (secondary N) is 2. The normalized spacial score (nSPS) is 30.4. The van der Waals surface area contributed by atoms with E-state index in [2.05, 4.69) is 29.7 Å². The molecule has 1 saturated carbocycles. The summed E-state index contributed by atoms with van der Waals surface area (Å²) in [4.78, 5) is 0. The number of rotatable bonds is 3. The Bertz CT molecular complexity index is 454. The molecule has 3 atom stereocenters. The van der Waals surface area contributed by atoms with Gasteiger partial charge in [-0.2, -0.15) is 0 Å². The van der Waals surface area contributed by atoms with Gasteiger partial charge in [-0.25, -0.2) is 0 Å². The molecule has 1 saturated heterocycles. The highest BCUT2D eigenvalue weighted by molar-refractivity contribution is 6.30. The molecule has 2 aliphatic rings. The van der Waals surface area contributed by atoms with E-state index in [9.17, 15) is 0 Å². The summed E-state index contributed by atoms with van der Waals surface area (Å²) in [6.07, 6.45) is 8.09. The number of halogens is 1. The summed E-state index contributed by atoms with van der Waals surface area (Å²) in [5.74, 6) is 0.779. The maximum atomic E-state index is 6.05. The molecule has 3 rings (SSSR count). The van der Waals surface area contributed by atoms with Crippen molar-refractivity contribution < 1.29 is 0 Å². The van der Waals surface area contributed by atoms with Crippen molar-refractivity contribution >= 4 is 17.3 Å². The molecule has 1 heterocycles. The minimum absolute atomic E-state index is 0.610. The Labute approximate surface area is 127 Å². The lowest BCUT2D eigenvalue weighted by Gasteiger charge is -2.37. The Hall–Kier alpha value is -0.730. The van der Waals surface area contributed by atoms with E-state index >= 15 is 0 Å². The molecule has 0 radical (unpaired) electrons. The van der Waals surface area contributed by atoms with Gasteiger partial charge in [0.25, 0.3) is 0 Å². The molecule has 2 nitrogen and oxygen atoms in total. The van der Waals surface area contributed by atoms with Gasteiger partial charge in [0.15, 0.2) is 0 Å². The van der Waals surface area contributed by atoms with Crippen molar-refractivity contribution in [3.05, 3.63) is 28.8 Å². The molecule has 3 heteroatoms. The molecule has 0 bridgehead atoms. The smallest absolute Gasteiger partial charge is 0.0410 e. The minimum Gasteiger partial charge on any atom is -0.382 e. The molecule has 2 N–H and O–H groups in total. The van der Waals surface area contributed by atoms with Crippen molar-refractivity contribution in [1.29, 1.82) is 0 Å². The maximum Gasteiger partial charge on any atom is 0.0410 e. The number of benzene rings is 1. The van der Waals surface area contributed by atoms with Crippen molar-refractivity contribution in [3.8, 4) is 0 Å². The largest absolute Gasteiger partial charge is 0.382 e. The summed E-state index contributed by atoms with van der Waals surface area (Å²) in [7, 11) is 0. The van der Waals surface area contributed by atoms with Gasteiger partial charge in [-0.05, 0) is 68.8 Å². The summed E-state index contributed by atoms with van der Waals surface area (Å²) >= 11 is 6.05. The monoisotopic (exact) mass is 292 g/mol. The standard InChI is InChI=1S/C17H25ClN2/c1-12-11-13(18)8-9-15(12)20-17-6-3-2-5-14(17)16-7-4-10-19-16/h8-9,11,14,16-17,19-20H,2-7,10H2,1H3. The summed E-state index contributed by atoms with van der Waals surface area (Å²) in [5.41, 5.74) is 2.51. The average molecular weight is 293 g/mol. The van der Waals surface area contributed by atoms with E-state index in [-0.39, 0.29) is 0 Å². The van der Waals surface area contributed by atoms with Gasteiger partial charge in [0.1, 0.15) is 0 Å². The summed E-state index contributed by atoms with van der Waals surface area (Å²) in [5, 5.41) is 8.33. The van der Waals surface area contributed by atoms with E-state index < -0.39 is 0 Å². The minimum atomic E-state index is 0.610. The topological polar surface area (TPSA) is 24.1 Å². The van der Waals surface area contributed by atoms with Crippen molar-refractivity contribution in [2.24, 2.45) is 5.92 Å². The van der Waals surface area contributed by atoms with Crippen molar-refractivity contribution in [3.63, 3.8) is 0 Å². The first kappa shape index (κ1) is 14.2. The summed E-state index contributed by atoms with van der Waals surface area (Å²) in [6, 6.07) is 7.50. The zero-order valence-electron chi connectivity index (χ0n) is 12.3. The van der Waals surface area contributed by atoms with Gasteiger partial charge in [-0.15, -0.1) is 0 Å². The number of aryl methyl sites for hydroxylation is 1. The van der Waals surface area contributed by atoms with E-state index in [4.69, 9.17) is 11.6 Å².